The summed E-state index contributed by atoms with van der Waals surface area (Å²) < 4.78 is 5.72. The SMILES string of the molecule is Cc1nc(COc2ccccc2)sc1C(=O)Nc1ccc(C(C)(C)C)cc1. The van der Waals surface area contributed by atoms with Crippen molar-refractivity contribution < 1.29 is 9.53 Å². The fourth-order valence-electron chi connectivity index (χ4n) is 2.63. The number of aromatic nitrogens is 1. The average Bonchev–Trinajstić information content (AvgIpc) is 3.01. The molecule has 0 aliphatic carbocycles. The van der Waals surface area contributed by atoms with E-state index in [0.717, 1.165) is 22.1 Å². The molecule has 4 nitrogen and oxygen atoms in total. The Bertz CT molecular complexity index is 910. The highest BCUT2D eigenvalue weighted by atomic mass is 32.1. The lowest BCUT2D eigenvalue weighted by molar-refractivity contribution is 0.103. The first kappa shape index (κ1) is 19.1. The van der Waals surface area contributed by atoms with Gasteiger partial charge in [0.2, 0.25) is 0 Å². The minimum absolute atomic E-state index is 0.0878. The number of carbonyl (C=O) groups is 1. The fraction of sp³-hybridized carbons (Fsp3) is 0.273. The Morgan fingerprint density at radius 3 is 2.37 bits per heavy atom. The fourth-order valence-corrected chi connectivity index (χ4v) is 3.50. The second kappa shape index (κ2) is 7.92. The molecule has 0 saturated carbocycles. The van der Waals surface area contributed by atoms with Crippen LogP contribution in [0.3, 0.4) is 0 Å². The quantitative estimate of drug-likeness (QED) is 0.628. The van der Waals surface area contributed by atoms with Crippen LogP contribution in [0.4, 0.5) is 5.69 Å². The van der Waals surface area contributed by atoms with E-state index in [1.165, 1.54) is 16.9 Å². The molecule has 1 heterocycles. The third kappa shape index (κ3) is 4.95. The van der Waals surface area contributed by atoms with Crippen LogP contribution in [0.1, 0.15) is 46.7 Å². The highest BCUT2D eigenvalue weighted by molar-refractivity contribution is 7.13. The van der Waals surface area contributed by atoms with Crippen LogP contribution < -0.4 is 10.1 Å². The zero-order chi connectivity index (χ0) is 19.4. The van der Waals surface area contributed by atoms with Crippen molar-refractivity contribution in [2.75, 3.05) is 5.32 Å². The molecule has 0 radical (unpaired) electrons. The number of rotatable bonds is 5. The number of anilines is 1. The van der Waals surface area contributed by atoms with Gasteiger partial charge in [-0.2, -0.15) is 0 Å². The summed E-state index contributed by atoms with van der Waals surface area (Å²) in [7, 11) is 0. The molecule has 0 unspecified atom stereocenters. The predicted octanol–water partition coefficient (Wildman–Crippen LogP) is 5.58. The molecule has 1 N–H and O–H groups in total. The number of benzene rings is 2. The van der Waals surface area contributed by atoms with Crippen LogP contribution in [0.25, 0.3) is 0 Å². The molecule has 3 aromatic rings. The lowest BCUT2D eigenvalue weighted by atomic mass is 9.87. The summed E-state index contributed by atoms with van der Waals surface area (Å²) in [5.74, 6) is 0.648. The van der Waals surface area contributed by atoms with Gasteiger partial charge in [0, 0.05) is 5.69 Å². The number of hydrogen-bond donors (Lipinski definition) is 1. The monoisotopic (exact) mass is 380 g/mol. The first-order valence-corrected chi connectivity index (χ1v) is 9.70. The number of aryl methyl sites for hydroxylation is 1. The highest BCUT2D eigenvalue weighted by Gasteiger charge is 2.17. The topological polar surface area (TPSA) is 51.2 Å². The Morgan fingerprint density at radius 2 is 1.74 bits per heavy atom. The highest BCUT2D eigenvalue weighted by Crippen LogP contribution is 2.25. The van der Waals surface area contributed by atoms with E-state index in [1.54, 1.807) is 0 Å². The number of carbonyl (C=O) groups excluding carboxylic acids is 1. The van der Waals surface area contributed by atoms with Crippen LogP contribution in [-0.2, 0) is 12.0 Å². The molecule has 0 saturated heterocycles. The maximum atomic E-state index is 12.6. The number of thiazole rings is 1. The maximum absolute atomic E-state index is 12.6. The zero-order valence-electron chi connectivity index (χ0n) is 16.1. The molecule has 0 aliphatic heterocycles. The Hall–Kier alpha value is -2.66. The van der Waals surface area contributed by atoms with Crippen molar-refractivity contribution >= 4 is 22.9 Å². The van der Waals surface area contributed by atoms with Crippen LogP contribution in [0.2, 0.25) is 0 Å². The van der Waals surface area contributed by atoms with Crippen LogP contribution in [0.15, 0.2) is 54.6 Å². The van der Waals surface area contributed by atoms with Gasteiger partial charge in [0.25, 0.3) is 5.91 Å². The molecule has 1 amide bonds. The molecular weight excluding hydrogens is 356 g/mol. The van der Waals surface area contributed by atoms with Crippen LogP contribution in [-0.4, -0.2) is 10.9 Å². The van der Waals surface area contributed by atoms with E-state index < -0.39 is 0 Å². The molecule has 27 heavy (non-hydrogen) atoms. The van der Waals surface area contributed by atoms with Crippen molar-refractivity contribution in [2.45, 2.75) is 39.7 Å². The molecular formula is C22H24N2O2S. The average molecular weight is 381 g/mol. The molecule has 0 aliphatic rings. The van der Waals surface area contributed by atoms with Crippen molar-refractivity contribution in [3.63, 3.8) is 0 Å². The van der Waals surface area contributed by atoms with Gasteiger partial charge in [-0.1, -0.05) is 51.1 Å². The molecule has 0 fully saturated rings. The lowest BCUT2D eigenvalue weighted by Crippen LogP contribution is -2.13. The minimum atomic E-state index is -0.139. The van der Waals surface area contributed by atoms with Crippen molar-refractivity contribution in [2.24, 2.45) is 0 Å². The van der Waals surface area contributed by atoms with Gasteiger partial charge in [0.1, 0.15) is 22.2 Å². The smallest absolute Gasteiger partial charge is 0.267 e. The molecule has 0 spiro atoms. The van der Waals surface area contributed by atoms with Crippen LogP contribution >= 0.6 is 11.3 Å². The van der Waals surface area contributed by atoms with Crippen molar-refractivity contribution in [1.29, 1.82) is 0 Å². The van der Waals surface area contributed by atoms with Crippen LogP contribution in [0, 0.1) is 6.92 Å². The number of nitrogens with one attached hydrogen (secondary N) is 1. The normalized spacial score (nSPS) is 11.3. The Labute approximate surface area is 164 Å². The molecule has 0 atom stereocenters. The van der Waals surface area contributed by atoms with E-state index in [2.05, 4.69) is 31.1 Å². The van der Waals surface area contributed by atoms with E-state index in [-0.39, 0.29) is 11.3 Å². The molecule has 3 rings (SSSR count). The number of para-hydroxylation sites is 1. The largest absolute Gasteiger partial charge is 0.486 e. The van der Waals surface area contributed by atoms with E-state index in [1.807, 2.05) is 61.5 Å². The third-order valence-electron chi connectivity index (χ3n) is 4.16. The van der Waals surface area contributed by atoms with E-state index in [9.17, 15) is 4.79 Å². The summed E-state index contributed by atoms with van der Waals surface area (Å²) in [6.45, 7) is 8.70. The Kier molecular flexibility index (Phi) is 5.61. The van der Waals surface area contributed by atoms with Gasteiger partial charge in [-0.05, 0) is 42.2 Å². The molecule has 140 valence electrons. The first-order valence-electron chi connectivity index (χ1n) is 8.89. The van der Waals surface area contributed by atoms with Gasteiger partial charge in [0.15, 0.2) is 0 Å². The summed E-state index contributed by atoms with van der Waals surface area (Å²) in [4.78, 5) is 17.7. The van der Waals surface area contributed by atoms with Gasteiger partial charge < -0.3 is 10.1 Å². The van der Waals surface area contributed by atoms with Crippen molar-refractivity contribution in [1.82, 2.24) is 4.98 Å². The number of ether oxygens (including phenoxy) is 1. The lowest BCUT2D eigenvalue weighted by Gasteiger charge is -2.19. The summed E-state index contributed by atoms with van der Waals surface area (Å²) in [6.07, 6.45) is 0. The van der Waals surface area contributed by atoms with Gasteiger partial charge in [-0.25, -0.2) is 4.98 Å². The number of nitrogens with zero attached hydrogens (tertiary/aromatic N) is 1. The predicted molar refractivity (Wildman–Crippen MR) is 111 cm³/mol. The summed E-state index contributed by atoms with van der Waals surface area (Å²) in [6, 6.07) is 17.6. The molecule has 5 heteroatoms. The van der Waals surface area contributed by atoms with E-state index in [0.29, 0.717) is 11.5 Å². The van der Waals surface area contributed by atoms with Gasteiger partial charge in [-0.15, -0.1) is 11.3 Å². The second-order valence-electron chi connectivity index (χ2n) is 7.41. The Balaban J connectivity index is 1.65. The van der Waals surface area contributed by atoms with Crippen molar-refractivity contribution in [3.8, 4) is 5.75 Å². The summed E-state index contributed by atoms with van der Waals surface area (Å²) in [5.41, 5.74) is 2.82. The van der Waals surface area contributed by atoms with Gasteiger partial charge in [0.05, 0.1) is 5.69 Å². The van der Waals surface area contributed by atoms with E-state index >= 15 is 0 Å². The molecule has 2 aromatic carbocycles. The second-order valence-corrected chi connectivity index (χ2v) is 8.49. The first-order chi connectivity index (χ1) is 12.8. The zero-order valence-corrected chi connectivity index (χ0v) is 16.9. The number of hydrogen-bond acceptors (Lipinski definition) is 4. The van der Waals surface area contributed by atoms with Crippen molar-refractivity contribution in [3.05, 3.63) is 75.7 Å². The summed E-state index contributed by atoms with van der Waals surface area (Å²) >= 11 is 1.37. The molecule has 0 bridgehead atoms. The standard InChI is InChI=1S/C22H24N2O2S/c1-15-20(27-19(23-15)14-26-18-8-6-5-7-9-18)21(25)24-17-12-10-16(11-13-17)22(2,3)4/h5-13H,14H2,1-4H3,(H,24,25). The van der Waals surface area contributed by atoms with Gasteiger partial charge >= 0.3 is 0 Å². The Morgan fingerprint density at radius 1 is 1.07 bits per heavy atom. The third-order valence-corrected chi connectivity index (χ3v) is 5.29. The number of amides is 1. The minimum Gasteiger partial charge on any atom is -0.486 e. The maximum Gasteiger partial charge on any atom is 0.267 e. The van der Waals surface area contributed by atoms with E-state index in [4.69, 9.17) is 4.74 Å². The molecule has 1 aromatic heterocycles. The van der Waals surface area contributed by atoms with Crippen LogP contribution in [0.5, 0.6) is 5.75 Å². The van der Waals surface area contributed by atoms with Gasteiger partial charge in [-0.3, -0.25) is 4.79 Å². The summed E-state index contributed by atoms with van der Waals surface area (Å²) in [5, 5.41) is 3.74.